The number of rotatable bonds is 2. The van der Waals surface area contributed by atoms with Crippen LogP contribution in [0.3, 0.4) is 0 Å². The molecule has 0 N–H and O–H groups in total. The minimum absolute atomic E-state index is 0.109. The lowest BCUT2D eigenvalue weighted by atomic mass is 10.1. The van der Waals surface area contributed by atoms with Crippen LogP contribution < -0.4 is 0 Å². The van der Waals surface area contributed by atoms with Crippen LogP contribution in [0, 0.1) is 24.1 Å². The third-order valence-electron chi connectivity index (χ3n) is 3.04. The summed E-state index contributed by atoms with van der Waals surface area (Å²) in [6.45, 7) is 1.88. The Kier molecular flexibility index (Phi) is 3.16. The van der Waals surface area contributed by atoms with Crippen molar-refractivity contribution in [2.75, 3.05) is 0 Å². The predicted octanol–water partition coefficient (Wildman–Crippen LogP) is 3.12. The third kappa shape index (κ3) is 2.25. The molecule has 5 nitrogen and oxygen atoms in total. The number of hydrogen-bond acceptors (Lipinski definition) is 5. The Bertz CT molecular complexity index is 851. The summed E-state index contributed by atoms with van der Waals surface area (Å²) in [5.74, 6) is -0.134. The fourth-order valence-corrected chi connectivity index (χ4v) is 1.98. The zero-order valence-corrected chi connectivity index (χ0v) is 11.0. The van der Waals surface area contributed by atoms with E-state index in [4.69, 9.17) is 9.78 Å². The summed E-state index contributed by atoms with van der Waals surface area (Å²) in [5, 5.41) is 12.9. The standard InChI is InChI=1S/C15H9FN4O/c1-9-8-18-6-5-10(9)14-19-15(21-20-14)11-3-2-4-13(16)12(11)7-17/h2-6,8H,1H3. The molecule has 0 saturated carbocycles. The normalized spacial score (nSPS) is 10.3. The first-order valence-electron chi connectivity index (χ1n) is 6.14. The molecule has 2 aromatic heterocycles. The fraction of sp³-hybridized carbons (Fsp3) is 0.0667. The van der Waals surface area contributed by atoms with Gasteiger partial charge in [0.15, 0.2) is 0 Å². The number of pyridine rings is 1. The second-order valence-corrected chi connectivity index (χ2v) is 4.39. The van der Waals surface area contributed by atoms with Crippen molar-refractivity contribution >= 4 is 0 Å². The molecule has 1 aromatic carbocycles. The lowest BCUT2D eigenvalue weighted by Crippen LogP contribution is -1.90. The Morgan fingerprint density at radius 3 is 2.86 bits per heavy atom. The predicted molar refractivity (Wildman–Crippen MR) is 72.4 cm³/mol. The first-order valence-corrected chi connectivity index (χ1v) is 6.14. The van der Waals surface area contributed by atoms with E-state index in [1.54, 1.807) is 24.5 Å². The molecule has 3 aromatic rings. The first-order chi connectivity index (χ1) is 10.2. The number of nitriles is 1. The van der Waals surface area contributed by atoms with Crippen molar-refractivity contribution < 1.29 is 8.91 Å². The second kappa shape index (κ2) is 5.13. The van der Waals surface area contributed by atoms with Crippen LogP contribution in [0.5, 0.6) is 0 Å². The van der Waals surface area contributed by atoms with Crippen molar-refractivity contribution in [3.05, 3.63) is 53.6 Å². The Morgan fingerprint density at radius 1 is 1.24 bits per heavy atom. The maximum atomic E-state index is 13.6. The smallest absolute Gasteiger partial charge is 0.259 e. The number of aryl methyl sites for hydroxylation is 1. The quantitative estimate of drug-likeness (QED) is 0.720. The summed E-state index contributed by atoms with van der Waals surface area (Å²) in [7, 11) is 0. The molecule has 0 spiro atoms. The van der Waals surface area contributed by atoms with E-state index < -0.39 is 5.82 Å². The highest BCUT2D eigenvalue weighted by Gasteiger charge is 2.17. The molecule has 21 heavy (non-hydrogen) atoms. The van der Waals surface area contributed by atoms with Crippen LogP contribution in [0.15, 0.2) is 41.2 Å². The highest BCUT2D eigenvalue weighted by atomic mass is 19.1. The first kappa shape index (κ1) is 12.9. The highest BCUT2D eigenvalue weighted by Crippen LogP contribution is 2.27. The van der Waals surface area contributed by atoms with Gasteiger partial charge in [-0.15, -0.1) is 0 Å². The Hall–Kier alpha value is -3.07. The van der Waals surface area contributed by atoms with E-state index in [1.165, 1.54) is 12.1 Å². The molecule has 6 heteroatoms. The lowest BCUT2D eigenvalue weighted by Gasteiger charge is -1.99. The Morgan fingerprint density at radius 2 is 2.10 bits per heavy atom. The minimum Gasteiger partial charge on any atom is -0.334 e. The van der Waals surface area contributed by atoms with Crippen LogP contribution >= 0.6 is 0 Å². The molecule has 0 aliphatic rings. The van der Waals surface area contributed by atoms with Crippen LogP contribution in [-0.4, -0.2) is 15.1 Å². The number of halogens is 1. The maximum Gasteiger partial charge on any atom is 0.259 e. The van der Waals surface area contributed by atoms with Crippen LogP contribution in [0.25, 0.3) is 22.8 Å². The average molecular weight is 280 g/mol. The van der Waals surface area contributed by atoms with Crippen molar-refractivity contribution in [1.29, 1.82) is 5.26 Å². The molecule has 0 bridgehead atoms. The summed E-state index contributed by atoms with van der Waals surface area (Å²) in [5.41, 5.74) is 1.83. The van der Waals surface area contributed by atoms with E-state index in [0.29, 0.717) is 5.82 Å². The fourth-order valence-electron chi connectivity index (χ4n) is 1.98. The lowest BCUT2D eigenvalue weighted by molar-refractivity contribution is 0.432. The van der Waals surface area contributed by atoms with Gasteiger partial charge >= 0.3 is 0 Å². The number of nitrogens with zero attached hydrogens (tertiary/aromatic N) is 4. The van der Waals surface area contributed by atoms with E-state index in [-0.39, 0.29) is 17.0 Å². The molecule has 0 unspecified atom stereocenters. The van der Waals surface area contributed by atoms with Gasteiger partial charge in [-0.25, -0.2) is 4.39 Å². The van der Waals surface area contributed by atoms with E-state index in [9.17, 15) is 4.39 Å². The zero-order valence-electron chi connectivity index (χ0n) is 11.0. The van der Waals surface area contributed by atoms with Crippen LogP contribution in [0.2, 0.25) is 0 Å². The largest absolute Gasteiger partial charge is 0.334 e. The highest BCUT2D eigenvalue weighted by molar-refractivity contribution is 5.66. The van der Waals surface area contributed by atoms with Crippen LogP contribution in [0.1, 0.15) is 11.1 Å². The van der Waals surface area contributed by atoms with Gasteiger partial charge in [-0.05, 0) is 30.7 Å². The molecule has 3 rings (SSSR count). The molecule has 0 saturated heterocycles. The van der Waals surface area contributed by atoms with Crippen LogP contribution in [-0.2, 0) is 0 Å². The van der Waals surface area contributed by atoms with Crippen LogP contribution in [0.4, 0.5) is 4.39 Å². The van der Waals surface area contributed by atoms with Gasteiger partial charge in [0, 0.05) is 18.0 Å². The molecule has 2 heterocycles. The number of hydrogen-bond donors (Lipinski definition) is 0. The van der Waals surface area contributed by atoms with E-state index in [1.807, 2.05) is 13.0 Å². The van der Waals surface area contributed by atoms with Gasteiger partial charge in [0.05, 0.1) is 5.56 Å². The molecule has 0 fully saturated rings. The van der Waals surface area contributed by atoms with Gasteiger partial charge < -0.3 is 4.52 Å². The molecule has 102 valence electrons. The van der Waals surface area contributed by atoms with Crippen molar-refractivity contribution in [2.24, 2.45) is 0 Å². The number of aromatic nitrogens is 3. The molecule has 0 amide bonds. The Balaban J connectivity index is 2.10. The summed E-state index contributed by atoms with van der Waals surface area (Å²) < 4.78 is 18.8. The monoisotopic (exact) mass is 280 g/mol. The number of benzene rings is 1. The van der Waals surface area contributed by atoms with Gasteiger partial charge in [-0.1, -0.05) is 11.2 Å². The van der Waals surface area contributed by atoms with Crippen molar-refractivity contribution in [3.8, 4) is 28.9 Å². The van der Waals surface area contributed by atoms with Crippen molar-refractivity contribution in [1.82, 2.24) is 15.1 Å². The van der Waals surface area contributed by atoms with Gasteiger partial charge in [0.2, 0.25) is 5.82 Å². The summed E-state index contributed by atoms with van der Waals surface area (Å²) in [6.07, 6.45) is 3.31. The summed E-state index contributed by atoms with van der Waals surface area (Å²) in [6, 6.07) is 7.85. The minimum atomic E-state index is -0.616. The maximum absolute atomic E-state index is 13.6. The molecule has 0 aliphatic heterocycles. The summed E-state index contributed by atoms with van der Waals surface area (Å²) >= 11 is 0. The Labute approximate surface area is 119 Å². The second-order valence-electron chi connectivity index (χ2n) is 4.39. The van der Waals surface area contributed by atoms with E-state index in [0.717, 1.165) is 11.1 Å². The molecular weight excluding hydrogens is 271 g/mol. The van der Waals surface area contributed by atoms with Crippen molar-refractivity contribution in [3.63, 3.8) is 0 Å². The van der Waals surface area contributed by atoms with Gasteiger partial charge in [-0.3, -0.25) is 4.98 Å². The molecule has 0 atom stereocenters. The topological polar surface area (TPSA) is 75.6 Å². The SMILES string of the molecule is Cc1cnccc1-c1noc(-c2cccc(F)c2C#N)n1. The molecular formula is C15H9FN4O. The zero-order chi connectivity index (χ0) is 14.8. The van der Waals surface area contributed by atoms with Gasteiger partial charge in [0.25, 0.3) is 5.89 Å². The third-order valence-corrected chi connectivity index (χ3v) is 3.04. The summed E-state index contributed by atoms with van der Waals surface area (Å²) in [4.78, 5) is 8.23. The molecule has 0 radical (unpaired) electrons. The van der Waals surface area contributed by atoms with Gasteiger partial charge in [-0.2, -0.15) is 10.2 Å². The average Bonchev–Trinajstić information content (AvgIpc) is 2.97. The van der Waals surface area contributed by atoms with E-state index >= 15 is 0 Å². The van der Waals surface area contributed by atoms with Gasteiger partial charge in [0.1, 0.15) is 17.4 Å². The molecule has 0 aliphatic carbocycles. The van der Waals surface area contributed by atoms with Crippen molar-refractivity contribution in [2.45, 2.75) is 6.92 Å². The van der Waals surface area contributed by atoms with E-state index in [2.05, 4.69) is 15.1 Å².